The summed E-state index contributed by atoms with van der Waals surface area (Å²) in [6.07, 6.45) is 3.91. The molecule has 0 saturated carbocycles. The monoisotopic (exact) mass is 303 g/mol. The summed E-state index contributed by atoms with van der Waals surface area (Å²) in [6, 6.07) is 0.236. The molecule has 1 heterocycles. The molecule has 1 rings (SSSR count). The van der Waals surface area contributed by atoms with Gasteiger partial charge in [-0.1, -0.05) is 19.9 Å². The van der Waals surface area contributed by atoms with Crippen LogP contribution in [0.3, 0.4) is 0 Å². The zero-order valence-corrected chi connectivity index (χ0v) is 13.5. The SMILES string of the molecule is C=CCCC[C@@H](O)CC(=O)N1[C@H](S)SC[C@H]1C(C)C. The van der Waals surface area contributed by atoms with Crippen LogP contribution in [0.2, 0.25) is 0 Å². The highest BCUT2D eigenvalue weighted by molar-refractivity contribution is 8.10. The minimum Gasteiger partial charge on any atom is -0.393 e. The fraction of sp³-hybridized carbons (Fsp3) is 0.786. The van der Waals surface area contributed by atoms with E-state index >= 15 is 0 Å². The molecule has 110 valence electrons. The second kappa shape index (κ2) is 8.22. The van der Waals surface area contributed by atoms with Crippen molar-refractivity contribution in [2.24, 2.45) is 5.92 Å². The number of thiol groups is 1. The summed E-state index contributed by atoms with van der Waals surface area (Å²) in [6.45, 7) is 7.90. The molecule has 1 saturated heterocycles. The summed E-state index contributed by atoms with van der Waals surface area (Å²) in [7, 11) is 0. The first-order chi connectivity index (χ1) is 8.97. The topological polar surface area (TPSA) is 40.5 Å². The van der Waals surface area contributed by atoms with Gasteiger partial charge in [0.15, 0.2) is 0 Å². The molecule has 0 unspecified atom stereocenters. The number of unbranched alkanes of at least 4 members (excludes halogenated alkanes) is 1. The van der Waals surface area contributed by atoms with E-state index in [1.165, 1.54) is 0 Å². The number of carbonyl (C=O) groups excluding carboxylic acids is 1. The Morgan fingerprint density at radius 3 is 2.89 bits per heavy atom. The molecule has 5 heteroatoms. The third-order valence-electron chi connectivity index (χ3n) is 3.42. The molecule has 1 amide bonds. The third kappa shape index (κ3) is 5.04. The normalized spacial score (nSPS) is 24.8. The number of hydrogen-bond acceptors (Lipinski definition) is 4. The van der Waals surface area contributed by atoms with Gasteiger partial charge in [-0.05, 0) is 25.2 Å². The predicted octanol–water partition coefficient (Wildman–Crippen LogP) is 2.91. The molecule has 0 bridgehead atoms. The number of aliphatic hydroxyl groups excluding tert-OH is 1. The molecule has 3 atom stereocenters. The first-order valence-electron chi connectivity index (χ1n) is 6.87. The van der Waals surface area contributed by atoms with Crippen molar-refractivity contribution in [3.05, 3.63) is 12.7 Å². The molecule has 19 heavy (non-hydrogen) atoms. The zero-order valence-electron chi connectivity index (χ0n) is 11.8. The molecule has 0 aliphatic carbocycles. The lowest BCUT2D eigenvalue weighted by Crippen LogP contribution is -2.43. The van der Waals surface area contributed by atoms with Crippen LogP contribution in [-0.4, -0.2) is 38.5 Å². The summed E-state index contributed by atoms with van der Waals surface area (Å²) in [4.78, 5) is 14.1. The molecule has 1 fully saturated rings. The predicted molar refractivity (Wildman–Crippen MR) is 85.4 cm³/mol. The van der Waals surface area contributed by atoms with Gasteiger partial charge in [0.2, 0.25) is 5.91 Å². The van der Waals surface area contributed by atoms with Crippen molar-refractivity contribution in [1.82, 2.24) is 4.90 Å². The summed E-state index contributed by atoms with van der Waals surface area (Å²) >= 11 is 6.15. The molecule has 0 aromatic carbocycles. The maximum Gasteiger partial charge on any atom is 0.227 e. The number of amides is 1. The maximum atomic E-state index is 12.3. The van der Waals surface area contributed by atoms with Crippen molar-refractivity contribution in [3.63, 3.8) is 0 Å². The van der Waals surface area contributed by atoms with Crippen LogP contribution in [0.5, 0.6) is 0 Å². The van der Waals surface area contributed by atoms with Crippen molar-refractivity contribution in [2.75, 3.05) is 5.75 Å². The number of hydrogen-bond donors (Lipinski definition) is 2. The van der Waals surface area contributed by atoms with Gasteiger partial charge in [0.1, 0.15) is 4.71 Å². The van der Waals surface area contributed by atoms with E-state index in [9.17, 15) is 9.90 Å². The quantitative estimate of drug-likeness (QED) is 0.432. The largest absolute Gasteiger partial charge is 0.393 e. The van der Waals surface area contributed by atoms with E-state index in [1.807, 2.05) is 11.0 Å². The van der Waals surface area contributed by atoms with E-state index < -0.39 is 6.10 Å². The molecule has 3 nitrogen and oxygen atoms in total. The van der Waals surface area contributed by atoms with Crippen molar-refractivity contribution in [1.29, 1.82) is 0 Å². The van der Waals surface area contributed by atoms with Crippen LogP contribution < -0.4 is 0 Å². The van der Waals surface area contributed by atoms with Crippen LogP contribution in [0.25, 0.3) is 0 Å². The Bertz CT molecular complexity index is 310. The molecule has 0 radical (unpaired) electrons. The molecule has 1 aliphatic rings. The summed E-state index contributed by atoms with van der Waals surface area (Å²) in [5.41, 5.74) is 0. The van der Waals surface area contributed by atoms with Crippen LogP contribution in [0, 0.1) is 5.92 Å². The number of aliphatic hydroxyl groups is 1. The highest BCUT2D eigenvalue weighted by Crippen LogP contribution is 2.35. The molecule has 1 N–H and O–H groups in total. The van der Waals surface area contributed by atoms with Gasteiger partial charge in [-0.2, -0.15) is 0 Å². The molecular weight excluding hydrogens is 278 g/mol. The van der Waals surface area contributed by atoms with E-state index in [2.05, 4.69) is 33.1 Å². The first kappa shape index (κ1) is 16.9. The van der Waals surface area contributed by atoms with E-state index in [-0.39, 0.29) is 23.1 Å². The van der Waals surface area contributed by atoms with Crippen molar-refractivity contribution in [3.8, 4) is 0 Å². The standard InChI is InChI=1S/C14H25NO2S2/c1-4-5-6-7-11(16)8-13(17)15-12(10(2)3)9-19-14(15)18/h4,10-12,14,16,18H,1,5-9H2,2-3H3/t11-,12+,14-/m1/s1. The second-order valence-corrected chi connectivity index (χ2v) is 7.30. The van der Waals surface area contributed by atoms with E-state index in [1.54, 1.807) is 11.8 Å². The van der Waals surface area contributed by atoms with Gasteiger partial charge in [0.05, 0.1) is 12.5 Å². The van der Waals surface area contributed by atoms with Gasteiger partial charge in [0, 0.05) is 11.8 Å². The lowest BCUT2D eigenvalue weighted by molar-refractivity contribution is -0.135. The highest BCUT2D eigenvalue weighted by atomic mass is 32.2. The van der Waals surface area contributed by atoms with E-state index in [0.29, 0.717) is 12.3 Å². The Kier molecular flexibility index (Phi) is 7.32. The zero-order chi connectivity index (χ0) is 14.4. The van der Waals surface area contributed by atoms with E-state index in [0.717, 1.165) is 18.6 Å². The Hall–Kier alpha value is -0.130. The average Bonchev–Trinajstić information content (AvgIpc) is 2.71. The molecular formula is C14H25NO2S2. The van der Waals surface area contributed by atoms with Crippen LogP contribution in [0.15, 0.2) is 12.7 Å². The van der Waals surface area contributed by atoms with Gasteiger partial charge < -0.3 is 10.0 Å². The van der Waals surface area contributed by atoms with Crippen molar-refractivity contribution in [2.45, 2.75) is 56.4 Å². The summed E-state index contributed by atoms with van der Waals surface area (Å²) in [5.74, 6) is 1.38. The number of thioether (sulfide) groups is 1. The number of allylic oxidation sites excluding steroid dienone is 1. The minimum atomic E-state index is -0.550. The van der Waals surface area contributed by atoms with Crippen LogP contribution in [0.4, 0.5) is 0 Å². The van der Waals surface area contributed by atoms with E-state index in [4.69, 9.17) is 0 Å². The third-order valence-corrected chi connectivity index (χ3v) is 5.18. The van der Waals surface area contributed by atoms with Gasteiger partial charge in [-0.3, -0.25) is 4.79 Å². The number of rotatable bonds is 7. The van der Waals surface area contributed by atoms with Gasteiger partial charge >= 0.3 is 0 Å². The van der Waals surface area contributed by atoms with Crippen LogP contribution in [-0.2, 0) is 4.79 Å². The Morgan fingerprint density at radius 1 is 1.63 bits per heavy atom. The Morgan fingerprint density at radius 2 is 2.32 bits per heavy atom. The Balaban J connectivity index is 2.48. The first-order valence-corrected chi connectivity index (χ1v) is 8.43. The average molecular weight is 303 g/mol. The van der Waals surface area contributed by atoms with Gasteiger partial charge in [0.25, 0.3) is 0 Å². The number of carbonyl (C=O) groups is 1. The van der Waals surface area contributed by atoms with Crippen molar-refractivity contribution >= 4 is 30.3 Å². The second-order valence-electron chi connectivity index (χ2n) is 5.35. The lowest BCUT2D eigenvalue weighted by Gasteiger charge is -2.30. The van der Waals surface area contributed by atoms with Crippen molar-refractivity contribution < 1.29 is 9.90 Å². The Labute approximate surface area is 126 Å². The minimum absolute atomic E-state index is 0.0230. The lowest BCUT2D eigenvalue weighted by atomic mass is 10.0. The van der Waals surface area contributed by atoms with Crippen LogP contribution >= 0.6 is 24.4 Å². The van der Waals surface area contributed by atoms with Crippen LogP contribution in [0.1, 0.15) is 39.5 Å². The van der Waals surface area contributed by atoms with Gasteiger partial charge in [-0.15, -0.1) is 31.0 Å². The fourth-order valence-corrected chi connectivity index (χ4v) is 4.15. The number of nitrogens with zero attached hydrogens (tertiary/aromatic N) is 1. The maximum absolute atomic E-state index is 12.3. The fourth-order valence-electron chi connectivity index (χ4n) is 2.24. The molecule has 1 aliphatic heterocycles. The van der Waals surface area contributed by atoms with Gasteiger partial charge in [-0.25, -0.2) is 0 Å². The summed E-state index contributed by atoms with van der Waals surface area (Å²) < 4.78 is -0.0692. The molecule has 0 aromatic heterocycles. The summed E-state index contributed by atoms with van der Waals surface area (Å²) in [5, 5.41) is 9.90. The molecule has 0 spiro atoms. The molecule has 0 aromatic rings. The smallest absolute Gasteiger partial charge is 0.227 e. The highest BCUT2D eigenvalue weighted by Gasteiger charge is 2.37.